The summed E-state index contributed by atoms with van der Waals surface area (Å²) in [4.78, 5) is 13.7. The summed E-state index contributed by atoms with van der Waals surface area (Å²) in [5, 5.41) is 0. The van der Waals surface area contributed by atoms with E-state index < -0.39 is 0 Å². The first kappa shape index (κ1) is 15.0. The number of nitrogens with zero attached hydrogens (tertiary/aromatic N) is 4. The van der Waals surface area contributed by atoms with E-state index in [1.807, 2.05) is 6.07 Å². The first-order valence-corrected chi connectivity index (χ1v) is 7.19. The quantitative estimate of drug-likeness (QED) is 0.638. The van der Waals surface area contributed by atoms with Gasteiger partial charge >= 0.3 is 0 Å². The molecule has 0 saturated carbocycles. The molecule has 112 valence electrons. The van der Waals surface area contributed by atoms with Crippen molar-refractivity contribution in [1.29, 1.82) is 0 Å². The zero-order valence-corrected chi connectivity index (χ0v) is 13.1. The third-order valence-electron chi connectivity index (χ3n) is 3.95. The number of hydrogen-bond donors (Lipinski definition) is 2. The summed E-state index contributed by atoms with van der Waals surface area (Å²) in [7, 11) is 4.27. The molecular weight excluding hydrogens is 252 g/mol. The minimum atomic E-state index is 0.284. The zero-order valence-electron chi connectivity index (χ0n) is 13.1. The van der Waals surface area contributed by atoms with Crippen LogP contribution in [0.25, 0.3) is 0 Å². The predicted molar refractivity (Wildman–Crippen MR) is 82.8 cm³/mol. The molecule has 6 heteroatoms. The van der Waals surface area contributed by atoms with Gasteiger partial charge in [0.25, 0.3) is 0 Å². The van der Waals surface area contributed by atoms with Crippen LogP contribution in [0.4, 0.5) is 11.6 Å². The predicted octanol–water partition coefficient (Wildman–Crippen LogP) is 1.27. The van der Waals surface area contributed by atoms with Gasteiger partial charge < -0.3 is 15.2 Å². The summed E-state index contributed by atoms with van der Waals surface area (Å²) >= 11 is 0. The second kappa shape index (κ2) is 5.93. The standard InChI is InChI=1S/C14H26N6/c1-9(2)14-16-12(18-15)6-13(17-14)20-7-10(3)11(8-20)19(4)5/h6,9-11H,7-8,15H2,1-5H3,(H,16,17,18). The van der Waals surface area contributed by atoms with E-state index in [9.17, 15) is 0 Å². The molecule has 2 atom stereocenters. The normalized spacial score (nSPS) is 22.9. The molecule has 1 fully saturated rings. The highest BCUT2D eigenvalue weighted by atomic mass is 15.3. The number of nitrogens with two attached hydrogens (primary N) is 1. The van der Waals surface area contributed by atoms with Gasteiger partial charge in [-0.25, -0.2) is 15.8 Å². The number of hydrogen-bond acceptors (Lipinski definition) is 6. The summed E-state index contributed by atoms with van der Waals surface area (Å²) in [5.41, 5.74) is 2.64. The largest absolute Gasteiger partial charge is 0.355 e. The SMILES string of the molecule is CC(C)c1nc(NN)cc(N2CC(C)C(N(C)C)C2)n1. The van der Waals surface area contributed by atoms with Crippen LogP contribution in [0.1, 0.15) is 32.5 Å². The Labute approximate surface area is 121 Å². The molecule has 6 nitrogen and oxygen atoms in total. The van der Waals surface area contributed by atoms with Gasteiger partial charge in [0, 0.05) is 31.1 Å². The molecule has 2 rings (SSSR count). The molecule has 1 aromatic rings. The van der Waals surface area contributed by atoms with Gasteiger partial charge in [-0.3, -0.25) is 0 Å². The van der Waals surface area contributed by atoms with E-state index in [0.717, 1.165) is 24.7 Å². The van der Waals surface area contributed by atoms with Crippen molar-refractivity contribution in [3.63, 3.8) is 0 Å². The average Bonchev–Trinajstić information content (AvgIpc) is 2.80. The maximum atomic E-state index is 5.52. The van der Waals surface area contributed by atoms with Crippen molar-refractivity contribution >= 4 is 11.6 Å². The van der Waals surface area contributed by atoms with Gasteiger partial charge in [-0.05, 0) is 20.0 Å². The molecule has 20 heavy (non-hydrogen) atoms. The highest BCUT2D eigenvalue weighted by Gasteiger charge is 2.32. The Morgan fingerprint density at radius 2 is 2.05 bits per heavy atom. The molecule has 2 heterocycles. The van der Waals surface area contributed by atoms with Crippen LogP contribution in [0.15, 0.2) is 6.07 Å². The first-order valence-electron chi connectivity index (χ1n) is 7.19. The Morgan fingerprint density at radius 3 is 2.55 bits per heavy atom. The van der Waals surface area contributed by atoms with Gasteiger partial charge in [-0.15, -0.1) is 0 Å². The summed E-state index contributed by atoms with van der Waals surface area (Å²) in [5.74, 6) is 8.90. The van der Waals surface area contributed by atoms with E-state index in [-0.39, 0.29) is 5.92 Å². The average molecular weight is 278 g/mol. The Bertz CT molecular complexity index is 459. The third kappa shape index (κ3) is 3.02. The van der Waals surface area contributed by atoms with Gasteiger partial charge in [-0.1, -0.05) is 20.8 Å². The molecule has 0 spiro atoms. The van der Waals surface area contributed by atoms with Crippen molar-refractivity contribution in [2.75, 3.05) is 37.5 Å². The minimum absolute atomic E-state index is 0.284. The van der Waals surface area contributed by atoms with Gasteiger partial charge in [-0.2, -0.15) is 0 Å². The van der Waals surface area contributed by atoms with Crippen LogP contribution in [0.3, 0.4) is 0 Å². The molecule has 1 aliphatic rings. The number of aromatic nitrogens is 2. The van der Waals surface area contributed by atoms with E-state index in [1.54, 1.807) is 0 Å². The minimum Gasteiger partial charge on any atom is -0.355 e. The van der Waals surface area contributed by atoms with Crippen molar-refractivity contribution in [2.24, 2.45) is 11.8 Å². The molecule has 3 N–H and O–H groups in total. The molecule has 0 bridgehead atoms. The Morgan fingerprint density at radius 1 is 1.35 bits per heavy atom. The summed E-state index contributed by atoms with van der Waals surface area (Å²) < 4.78 is 0. The van der Waals surface area contributed by atoms with Gasteiger partial charge in [0.2, 0.25) is 0 Å². The Hall–Kier alpha value is -1.40. The van der Waals surface area contributed by atoms with Gasteiger partial charge in [0.1, 0.15) is 17.5 Å². The number of anilines is 2. The molecule has 0 radical (unpaired) electrons. The van der Waals surface area contributed by atoms with Crippen LogP contribution in [0, 0.1) is 5.92 Å². The van der Waals surface area contributed by atoms with Crippen LogP contribution in [-0.2, 0) is 0 Å². The Balaban J connectivity index is 2.27. The molecular formula is C14H26N6. The van der Waals surface area contributed by atoms with Crippen LogP contribution < -0.4 is 16.2 Å². The lowest BCUT2D eigenvalue weighted by atomic mass is 10.1. The number of rotatable bonds is 4. The monoisotopic (exact) mass is 278 g/mol. The lowest BCUT2D eigenvalue weighted by Crippen LogP contribution is -2.34. The highest BCUT2D eigenvalue weighted by Crippen LogP contribution is 2.27. The molecule has 2 unspecified atom stereocenters. The van der Waals surface area contributed by atoms with Crippen molar-refractivity contribution in [1.82, 2.24) is 14.9 Å². The number of hydrazine groups is 1. The summed E-state index contributed by atoms with van der Waals surface area (Å²) in [6.45, 7) is 8.48. The van der Waals surface area contributed by atoms with E-state index in [2.05, 4.69) is 55.1 Å². The van der Waals surface area contributed by atoms with E-state index in [0.29, 0.717) is 17.8 Å². The smallest absolute Gasteiger partial charge is 0.145 e. The summed E-state index contributed by atoms with van der Waals surface area (Å²) in [6.07, 6.45) is 0. The van der Waals surface area contributed by atoms with E-state index in [1.165, 1.54) is 0 Å². The lowest BCUT2D eigenvalue weighted by Gasteiger charge is -2.23. The first-order chi connectivity index (χ1) is 9.42. The fourth-order valence-electron chi connectivity index (χ4n) is 2.76. The van der Waals surface area contributed by atoms with Crippen molar-refractivity contribution in [3.8, 4) is 0 Å². The van der Waals surface area contributed by atoms with Crippen molar-refractivity contribution in [2.45, 2.75) is 32.7 Å². The van der Waals surface area contributed by atoms with E-state index in [4.69, 9.17) is 10.8 Å². The fourth-order valence-corrected chi connectivity index (χ4v) is 2.76. The molecule has 1 aliphatic heterocycles. The van der Waals surface area contributed by atoms with Crippen LogP contribution >= 0.6 is 0 Å². The molecule has 1 aromatic heterocycles. The highest BCUT2D eigenvalue weighted by molar-refractivity contribution is 5.50. The van der Waals surface area contributed by atoms with Crippen molar-refractivity contribution in [3.05, 3.63) is 11.9 Å². The maximum Gasteiger partial charge on any atom is 0.145 e. The van der Waals surface area contributed by atoms with Crippen LogP contribution in [-0.4, -0.2) is 48.1 Å². The number of nitrogens with one attached hydrogen (secondary N) is 1. The van der Waals surface area contributed by atoms with Crippen LogP contribution in [0.5, 0.6) is 0 Å². The van der Waals surface area contributed by atoms with Gasteiger partial charge in [0.05, 0.1) is 0 Å². The number of likely N-dealkylation sites (N-methyl/N-ethyl adjacent to an activating group) is 1. The molecule has 1 saturated heterocycles. The molecule has 0 amide bonds. The second-order valence-corrected chi connectivity index (χ2v) is 6.18. The topological polar surface area (TPSA) is 70.3 Å². The number of nitrogen functional groups attached to an aromatic ring is 1. The lowest BCUT2D eigenvalue weighted by molar-refractivity contribution is 0.266. The van der Waals surface area contributed by atoms with Crippen LogP contribution in [0.2, 0.25) is 0 Å². The zero-order chi connectivity index (χ0) is 14.9. The maximum absolute atomic E-state index is 5.52. The summed E-state index contributed by atoms with van der Waals surface area (Å²) in [6, 6.07) is 2.48. The van der Waals surface area contributed by atoms with Gasteiger partial charge in [0.15, 0.2) is 0 Å². The molecule has 0 aliphatic carbocycles. The third-order valence-corrected chi connectivity index (χ3v) is 3.95. The van der Waals surface area contributed by atoms with E-state index >= 15 is 0 Å². The van der Waals surface area contributed by atoms with Crippen molar-refractivity contribution < 1.29 is 0 Å². The Kier molecular flexibility index (Phi) is 4.45. The second-order valence-electron chi connectivity index (χ2n) is 6.18. The molecule has 0 aromatic carbocycles. The fraction of sp³-hybridized carbons (Fsp3) is 0.714.